The minimum absolute atomic E-state index is 0.213. The number of nitrogens with zero attached hydrogens (tertiary/aromatic N) is 4. The molecule has 38 heavy (non-hydrogen) atoms. The van der Waals surface area contributed by atoms with E-state index in [0.29, 0.717) is 56.9 Å². The summed E-state index contributed by atoms with van der Waals surface area (Å²) in [6.07, 6.45) is 4.12. The van der Waals surface area contributed by atoms with E-state index in [1.54, 1.807) is 18.3 Å². The summed E-state index contributed by atoms with van der Waals surface area (Å²) in [6, 6.07) is 18.6. The van der Waals surface area contributed by atoms with Crippen molar-refractivity contribution in [3.63, 3.8) is 0 Å². The first-order valence-corrected chi connectivity index (χ1v) is 13.9. The first-order chi connectivity index (χ1) is 18.4. The number of halogens is 2. The molecular weight excluding hydrogens is 612 g/mol. The molecule has 7 nitrogen and oxygen atoms in total. The van der Waals surface area contributed by atoms with Gasteiger partial charge in [0.25, 0.3) is 5.56 Å². The first kappa shape index (κ1) is 27.6. The summed E-state index contributed by atoms with van der Waals surface area (Å²) in [4.78, 5) is 18.1. The summed E-state index contributed by atoms with van der Waals surface area (Å²) in [5.41, 5.74) is 2.48. The van der Waals surface area contributed by atoms with Gasteiger partial charge in [0.2, 0.25) is 0 Å². The van der Waals surface area contributed by atoms with Gasteiger partial charge in [0.15, 0.2) is 11.5 Å². The molecule has 0 aliphatic heterocycles. The summed E-state index contributed by atoms with van der Waals surface area (Å²) in [7, 11) is 0. The van der Waals surface area contributed by atoms with E-state index in [-0.39, 0.29) is 12.2 Å². The van der Waals surface area contributed by atoms with E-state index in [0.717, 1.165) is 22.9 Å². The van der Waals surface area contributed by atoms with Gasteiger partial charge in [0.05, 0.1) is 39.8 Å². The predicted octanol–water partition coefficient (Wildman–Crippen LogP) is 7.00. The van der Waals surface area contributed by atoms with Crippen LogP contribution >= 0.6 is 31.9 Å². The Morgan fingerprint density at radius 3 is 2.68 bits per heavy atom. The van der Waals surface area contributed by atoms with E-state index in [1.165, 1.54) is 4.68 Å². The minimum atomic E-state index is -0.223. The van der Waals surface area contributed by atoms with Crippen molar-refractivity contribution in [1.82, 2.24) is 9.66 Å². The zero-order chi connectivity index (χ0) is 27.1. The van der Waals surface area contributed by atoms with Crippen LogP contribution in [0.1, 0.15) is 49.2 Å². The van der Waals surface area contributed by atoms with Gasteiger partial charge in [0, 0.05) is 16.5 Å². The van der Waals surface area contributed by atoms with Crippen LogP contribution in [-0.2, 0) is 13.0 Å². The number of aryl methyl sites for hydroxylation is 1. The summed E-state index contributed by atoms with van der Waals surface area (Å²) < 4.78 is 14.8. The average molecular weight is 638 g/mol. The fraction of sp³-hybridized carbons (Fsp3) is 0.241. The van der Waals surface area contributed by atoms with E-state index in [1.807, 2.05) is 49.4 Å². The van der Waals surface area contributed by atoms with E-state index in [9.17, 15) is 10.1 Å². The third-order valence-electron chi connectivity index (χ3n) is 5.79. The van der Waals surface area contributed by atoms with Crippen molar-refractivity contribution in [1.29, 1.82) is 5.26 Å². The molecule has 0 spiro atoms. The first-order valence-electron chi connectivity index (χ1n) is 12.3. The summed E-state index contributed by atoms with van der Waals surface area (Å²) >= 11 is 7.03. The highest BCUT2D eigenvalue weighted by atomic mass is 79.9. The van der Waals surface area contributed by atoms with Crippen molar-refractivity contribution < 1.29 is 9.47 Å². The topological polar surface area (TPSA) is 89.5 Å². The van der Waals surface area contributed by atoms with Gasteiger partial charge in [-0.15, -0.1) is 0 Å². The Morgan fingerprint density at radius 2 is 1.92 bits per heavy atom. The standard InChI is InChI=1S/C29H26Br2N4O3/c1-3-5-10-27-34-25-12-11-22(30)15-23(25)29(36)35(27)33-17-19-13-24(31)28(26(14-19)37-4-2)38-18-21-9-7-6-8-20(21)16-32/h6-9,11-15,17H,3-5,10,18H2,1-2H3. The molecule has 0 N–H and O–H groups in total. The van der Waals surface area contributed by atoms with E-state index < -0.39 is 0 Å². The molecule has 0 radical (unpaired) electrons. The van der Waals surface area contributed by atoms with Gasteiger partial charge < -0.3 is 9.47 Å². The predicted molar refractivity (Wildman–Crippen MR) is 156 cm³/mol. The van der Waals surface area contributed by atoms with Crippen molar-refractivity contribution in [3.8, 4) is 17.6 Å². The maximum absolute atomic E-state index is 13.4. The summed E-state index contributed by atoms with van der Waals surface area (Å²) in [5, 5.41) is 14.4. The smallest absolute Gasteiger partial charge is 0.282 e. The highest BCUT2D eigenvalue weighted by molar-refractivity contribution is 9.10. The molecule has 0 unspecified atom stereocenters. The fourth-order valence-corrected chi connectivity index (χ4v) is 4.84. The number of benzene rings is 3. The molecule has 4 aromatic rings. The molecule has 3 aromatic carbocycles. The monoisotopic (exact) mass is 636 g/mol. The van der Waals surface area contributed by atoms with Crippen LogP contribution in [0.15, 0.2) is 73.4 Å². The van der Waals surface area contributed by atoms with Gasteiger partial charge >= 0.3 is 0 Å². The molecule has 0 bridgehead atoms. The normalized spacial score (nSPS) is 11.1. The second-order valence-corrected chi connectivity index (χ2v) is 10.2. The lowest BCUT2D eigenvalue weighted by molar-refractivity contribution is 0.267. The van der Waals surface area contributed by atoms with Crippen LogP contribution in [0.2, 0.25) is 0 Å². The Kier molecular flexibility index (Phi) is 9.32. The maximum atomic E-state index is 13.4. The van der Waals surface area contributed by atoms with E-state index >= 15 is 0 Å². The third-order valence-corrected chi connectivity index (χ3v) is 6.88. The van der Waals surface area contributed by atoms with Crippen molar-refractivity contribution >= 4 is 49.0 Å². The number of nitriles is 1. The van der Waals surface area contributed by atoms with Gasteiger partial charge in [-0.25, -0.2) is 4.98 Å². The van der Waals surface area contributed by atoms with Gasteiger partial charge in [0.1, 0.15) is 12.4 Å². The number of fused-ring (bicyclic) bond motifs is 1. The van der Waals surface area contributed by atoms with Crippen molar-refractivity contribution in [3.05, 3.63) is 96.4 Å². The molecule has 194 valence electrons. The lowest BCUT2D eigenvalue weighted by Gasteiger charge is -2.15. The zero-order valence-electron chi connectivity index (χ0n) is 21.1. The van der Waals surface area contributed by atoms with Crippen molar-refractivity contribution in [2.75, 3.05) is 6.61 Å². The molecule has 0 fully saturated rings. The van der Waals surface area contributed by atoms with Crippen molar-refractivity contribution in [2.24, 2.45) is 5.10 Å². The Bertz CT molecular complexity index is 1590. The van der Waals surface area contributed by atoms with E-state index in [2.05, 4.69) is 50.0 Å². The highest BCUT2D eigenvalue weighted by Gasteiger charge is 2.14. The van der Waals surface area contributed by atoms with Gasteiger partial charge in [-0.2, -0.15) is 15.0 Å². The molecule has 0 amide bonds. The van der Waals surface area contributed by atoms with Crippen LogP contribution in [0.25, 0.3) is 10.9 Å². The van der Waals surface area contributed by atoms with Gasteiger partial charge in [-0.05, 0) is 71.2 Å². The molecule has 1 heterocycles. The highest BCUT2D eigenvalue weighted by Crippen LogP contribution is 2.37. The Morgan fingerprint density at radius 1 is 1.11 bits per heavy atom. The Labute approximate surface area is 238 Å². The van der Waals surface area contributed by atoms with Crippen LogP contribution in [-0.4, -0.2) is 22.5 Å². The Balaban J connectivity index is 1.70. The maximum Gasteiger partial charge on any atom is 0.282 e. The number of aromatic nitrogens is 2. The van der Waals surface area contributed by atoms with Gasteiger partial charge in [-0.1, -0.05) is 47.5 Å². The average Bonchev–Trinajstić information content (AvgIpc) is 2.91. The molecule has 0 atom stereocenters. The molecule has 4 rings (SSSR count). The van der Waals surface area contributed by atoms with Gasteiger partial charge in [-0.3, -0.25) is 4.79 Å². The van der Waals surface area contributed by atoms with Crippen LogP contribution in [0.4, 0.5) is 0 Å². The number of rotatable bonds is 10. The molecule has 0 saturated carbocycles. The SMILES string of the molecule is CCCCc1nc2ccc(Br)cc2c(=O)n1N=Cc1cc(Br)c(OCc2ccccc2C#N)c(OCC)c1. The number of unbranched alkanes of at least 4 members (excludes halogenated alkanes) is 1. The third kappa shape index (κ3) is 6.32. The van der Waals surface area contributed by atoms with Crippen molar-refractivity contribution in [2.45, 2.75) is 39.7 Å². The lowest BCUT2D eigenvalue weighted by atomic mass is 10.1. The second kappa shape index (κ2) is 12.9. The minimum Gasteiger partial charge on any atom is -0.490 e. The largest absolute Gasteiger partial charge is 0.490 e. The second-order valence-electron chi connectivity index (χ2n) is 8.48. The number of hydrogen-bond acceptors (Lipinski definition) is 6. The Hall–Kier alpha value is -3.48. The molecule has 1 aromatic heterocycles. The quantitative estimate of drug-likeness (QED) is 0.175. The molecule has 0 saturated heterocycles. The van der Waals surface area contributed by atoms with E-state index in [4.69, 9.17) is 14.5 Å². The van der Waals surface area contributed by atoms with Crippen LogP contribution in [0.5, 0.6) is 11.5 Å². The van der Waals surface area contributed by atoms with Crippen LogP contribution in [0.3, 0.4) is 0 Å². The molecule has 9 heteroatoms. The van der Waals surface area contributed by atoms with Crippen LogP contribution < -0.4 is 15.0 Å². The summed E-state index contributed by atoms with van der Waals surface area (Å²) in [5.74, 6) is 1.66. The number of hydrogen-bond donors (Lipinski definition) is 0. The fourth-order valence-electron chi connectivity index (χ4n) is 3.91. The lowest BCUT2D eigenvalue weighted by Crippen LogP contribution is -2.22. The number of ether oxygens (including phenoxy) is 2. The molecular formula is C29H26Br2N4O3. The molecule has 0 aliphatic rings. The zero-order valence-corrected chi connectivity index (χ0v) is 24.3. The van der Waals surface area contributed by atoms with Crippen LogP contribution in [0, 0.1) is 11.3 Å². The molecule has 0 aliphatic carbocycles. The summed E-state index contributed by atoms with van der Waals surface area (Å²) in [6.45, 7) is 4.63.